The highest BCUT2D eigenvalue weighted by Gasteiger charge is 2.13. The molecule has 108 valence electrons. The third kappa shape index (κ3) is 2.52. The summed E-state index contributed by atoms with van der Waals surface area (Å²) in [5, 5.41) is 2.69. The molecule has 0 saturated carbocycles. The molecule has 0 aliphatic heterocycles. The molecule has 0 atom stereocenters. The van der Waals surface area contributed by atoms with E-state index in [1.54, 1.807) is 30.3 Å². The SMILES string of the molecule is CCn1c(=O)oc2cc(NC(=O)c3ccc(Br)o3)ccc21. The number of fused-ring (bicyclic) bond motifs is 1. The van der Waals surface area contributed by atoms with E-state index in [9.17, 15) is 9.59 Å². The topological polar surface area (TPSA) is 77.4 Å². The van der Waals surface area contributed by atoms with Crippen molar-refractivity contribution in [2.45, 2.75) is 13.5 Å². The molecule has 2 heterocycles. The third-order valence-electron chi connectivity index (χ3n) is 3.04. The van der Waals surface area contributed by atoms with Gasteiger partial charge < -0.3 is 14.2 Å². The number of carbonyl (C=O) groups is 1. The average molecular weight is 351 g/mol. The average Bonchev–Trinajstić information content (AvgIpc) is 3.01. The van der Waals surface area contributed by atoms with E-state index in [4.69, 9.17) is 8.83 Å². The van der Waals surface area contributed by atoms with Gasteiger partial charge in [-0.3, -0.25) is 9.36 Å². The number of anilines is 1. The van der Waals surface area contributed by atoms with Gasteiger partial charge >= 0.3 is 5.76 Å². The monoisotopic (exact) mass is 350 g/mol. The van der Waals surface area contributed by atoms with Gasteiger partial charge in [0.2, 0.25) is 0 Å². The Bertz CT molecular complexity index is 875. The molecule has 6 nitrogen and oxygen atoms in total. The summed E-state index contributed by atoms with van der Waals surface area (Å²) in [5.41, 5.74) is 1.65. The van der Waals surface area contributed by atoms with E-state index in [0.29, 0.717) is 28.0 Å². The molecule has 7 heteroatoms. The Hall–Kier alpha value is -2.28. The molecule has 1 N–H and O–H groups in total. The first kappa shape index (κ1) is 13.7. The molecule has 0 radical (unpaired) electrons. The van der Waals surface area contributed by atoms with Crippen molar-refractivity contribution < 1.29 is 13.6 Å². The van der Waals surface area contributed by atoms with Crippen LogP contribution in [0.2, 0.25) is 0 Å². The standard InChI is InChI=1S/C14H11BrN2O4/c1-2-17-9-4-3-8(7-11(9)21-14(17)19)16-13(18)10-5-6-12(15)20-10/h3-7H,2H2,1H3,(H,16,18). The van der Waals surface area contributed by atoms with Gasteiger partial charge in [0, 0.05) is 18.3 Å². The van der Waals surface area contributed by atoms with Crippen molar-refractivity contribution in [1.82, 2.24) is 4.57 Å². The molecule has 1 aromatic carbocycles. The van der Waals surface area contributed by atoms with E-state index in [1.165, 1.54) is 4.57 Å². The van der Waals surface area contributed by atoms with Crippen LogP contribution in [-0.2, 0) is 6.54 Å². The number of aromatic nitrogens is 1. The second-order valence-corrected chi connectivity index (χ2v) is 5.13. The van der Waals surface area contributed by atoms with Crippen LogP contribution in [0.3, 0.4) is 0 Å². The number of furan rings is 1. The van der Waals surface area contributed by atoms with E-state index >= 15 is 0 Å². The van der Waals surface area contributed by atoms with Crippen LogP contribution in [0.5, 0.6) is 0 Å². The van der Waals surface area contributed by atoms with Crippen LogP contribution in [0.15, 0.2) is 48.6 Å². The van der Waals surface area contributed by atoms with Crippen LogP contribution < -0.4 is 11.1 Å². The smallest absolute Gasteiger partial charge is 0.419 e. The number of halogens is 1. The lowest BCUT2D eigenvalue weighted by Crippen LogP contribution is -2.12. The largest absolute Gasteiger partial charge is 0.444 e. The summed E-state index contributed by atoms with van der Waals surface area (Å²) in [6, 6.07) is 8.25. The number of benzene rings is 1. The third-order valence-corrected chi connectivity index (χ3v) is 3.47. The number of amides is 1. The highest BCUT2D eigenvalue weighted by molar-refractivity contribution is 9.10. The maximum Gasteiger partial charge on any atom is 0.419 e. The number of hydrogen-bond acceptors (Lipinski definition) is 4. The van der Waals surface area contributed by atoms with Gasteiger partial charge in [0.1, 0.15) is 0 Å². The highest BCUT2D eigenvalue weighted by Crippen LogP contribution is 2.20. The summed E-state index contributed by atoms with van der Waals surface area (Å²) in [5.74, 6) is -0.599. The van der Waals surface area contributed by atoms with E-state index in [-0.39, 0.29) is 11.7 Å². The van der Waals surface area contributed by atoms with Gasteiger partial charge in [-0.05, 0) is 47.1 Å². The predicted octanol–water partition coefficient (Wildman–Crippen LogP) is 3.22. The summed E-state index contributed by atoms with van der Waals surface area (Å²) in [4.78, 5) is 23.6. The number of rotatable bonds is 3. The van der Waals surface area contributed by atoms with Crippen molar-refractivity contribution in [3.8, 4) is 0 Å². The van der Waals surface area contributed by atoms with Gasteiger partial charge in [-0.1, -0.05) is 0 Å². The lowest BCUT2D eigenvalue weighted by Gasteiger charge is -2.03. The molecule has 0 spiro atoms. The van der Waals surface area contributed by atoms with Crippen molar-refractivity contribution in [3.63, 3.8) is 0 Å². The second kappa shape index (κ2) is 5.25. The van der Waals surface area contributed by atoms with Crippen molar-refractivity contribution in [2.75, 3.05) is 5.32 Å². The number of hydrogen-bond donors (Lipinski definition) is 1. The minimum atomic E-state index is -0.411. The normalized spacial score (nSPS) is 11.0. The van der Waals surface area contributed by atoms with Crippen LogP contribution in [0.25, 0.3) is 11.1 Å². The molecule has 0 unspecified atom stereocenters. The Morgan fingerprint density at radius 1 is 1.29 bits per heavy atom. The zero-order valence-corrected chi connectivity index (χ0v) is 12.6. The summed E-state index contributed by atoms with van der Waals surface area (Å²) in [7, 11) is 0. The number of aryl methyl sites for hydroxylation is 1. The van der Waals surface area contributed by atoms with E-state index < -0.39 is 5.76 Å². The molecule has 0 bridgehead atoms. The zero-order chi connectivity index (χ0) is 15.0. The van der Waals surface area contributed by atoms with E-state index in [1.807, 2.05) is 6.92 Å². The van der Waals surface area contributed by atoms with Crippen molar-refractivity contribution in [2.24, 2.45) is 0 Å². The number of nitrogens with zero attached hydrogens (tertiary/aromatic N) is 1. The van der Waals surface area contributed by atoms with Gasteiger partial charge in [-0.25, -0.2) is 4.79 Å². The summed E-state index contributed by atoms with van der Waals surface area (Å²) in [6.07, 6.45) is 0. The molecule has 21 heavy (non-hydrogen) atoms. The summed E-state index contributed by atoms with van der Waals surface area (Å²) >= 11 is 3.14. The van der Waals surface area contributed by atoms with Crippen LogP contribution in [0, 0.1) is 0 Å². The molecule has 3 rings (SSSR count). The van der Waals surface area contributed by atoms with Gasteiger partial charge in [-0.15, -0.1) is 0 Å². The summed E-state index contributed by atoms with van der Waals surface area (Å²) < 4.78 is 12.3. The predicted molar refractivity (Wildman–Crippen MR) is 80.5 cm³/mol. The zero-order valence-electron chi connectivity index (χ0n) is 11.1. The number of nitrogens with one attached hydrogen (secondary N) is 1. The Labute approximate surface area is 127 Å². The highest BCUT2D eigenvalue weighted by atomic mass is 79.9. The van der Waals surface area contributed by atoms with Crippen LogP contribution >= 0.6 is 15.9 Å². The van der Waals surface area contributed by atoms with Gasteiger partial charge in [0.05, 0.1) is 5.52 Å². The fraction of sp³-hybridized carbons (Fsp3) is 0.143. The van der Waals surface area contributed by atoms with Crippen molar-refractivity contribution >= 4 is 38.6 Å². The maximum absolute atomic E-state index is 12.0. The Balaban J connectivity index is 1.91. The molecule has 0 aliphatic carbocycles. The number of oxazole rings is 1. The number of carbonyl (C=O) groups excluding carboxylic acids is 1. The lowest BCUT2D eigenvalue weighted by molar-refractivity contribution is 0.0995. The molecule has 2 aromatic heterocycles. The molecule has 0 aliphatic rings. The molecule has 0 fully saturated rings. The molecular weight excluding hydrogens is 340 g/mol. The second-order valence-electron chi connectivity index (χ2n) is 4.35. The quantitative estimate of drug-likeness (QED) is 0.786. The van der Waals surface area contributed by atoms with Crippen molar-refractivity contribution in [3.05, 3.63) is 51.3 Å². The molecule has 3 aromatic rings. The Morgan fingerprint density at radius 2 is 2.10 bits per heavy atom. The fourth-order valence-corrected chi connectivity index (χ4v) is 2.38. The minimum Gasteiger partial charge on any atom is -0.444 e. The molecule has 0 saturated heterocycles. The van der Waals surface area contributed by atoms with Crippen LogP contribution in [0.4, 0.5) is 5.69 Å². The fourth-order valence-electron chi connectivity index (χ4n) is 2.07. The lowest BCUT2D eigenvalue weighted by atomic mass is 10.2. The van der Waals surface area contributed by atoms with Gasteiger partial charge in [0.25, 0.3) is 5.91 Å². The van der Waals surface area contributed by atoms with Crippen LogP contribution in [0.1, 0.15) is 17.5 Å². The maximum atomic E-state index is 12.0. The first-order valence-corrected chi connectivity index (χ1v) is 7.08. The molecule has 1 amide bonds. The van der Waals surface area contributed by atoms with E-state index in [0.717, 1.165) is 0 Å². The first-order chi connectivity index (χ1) is 10.1. The summed E-state index contributed by atoms with van der Waals surface area (Å²) in [6.45, 7) is 2.39. The minimum absolute atomic E-state index is 0.189. The Kier molecular flexibility index (Phi) is 3.42. The Morgan fingerprint density at radius 3 is 2.76 bits per heavy atom. The molecular formula is C14H11BrN2O4. The van der Waals surface area contributed by atoms with Gasteiger partial charge in [-0.2, -0.15) is 0 Å². The van der Waals surface area contributed by atoms with Gasteiger partial charge in [0.15, 0.2) is 16.0 Å². The van der Waals surface area contributed by atoms with Crippen LogP contribution in [-0.4, -0.2) is 10.5 Å². The van der Waals surface area contributed by atoms with Crippen molar-refractivity contribution in [1.29, 1.82) is 0 Å². The first-order valence-electron chi connectivity index (χ1n) is 6.28. The van der Waals surface area contributed by atoms with E-state index in [2.05, 4.69) is 21.2 Å².